The first-order chi connectivity index (χ1) is 8.11. The van der Waals surface area contributed by atoms with Gasteiger partial charge in [0.2, 0.25) is 0 Å². The molecule has 1 heterocycles. The van der Waals surface area contributed by atoms with Gasteiger partial charge in [0.1, 0.15) is 5.75 Å². The van der Waals surface area contributed by atoms with Crippen LogP contribution in [0.4, 0.5) is 0 Å². The molecule has 0 fully saturated rings. The van der Waals surface area contributed by atoms with Crippen LogP contribution in [-0.4, -0.2) is 16.7 Å². The Labute approximate surface area is 97.3 Å². The van der Waals surface area contributed by atoms with Gasteiger partial charge < -0.3 is 9.72 Å². The van der Waals surface area contributed by atoms with Crippen LogP contribution in [0.2, 0.25) is 0 Å². The van der Waals surface area contributed by atoms with Gasteiger partial charge in [0.25, 0.3) is 5.56 Å². The molecule has 0 atom stereocenters. The van der Waals surface area contributed by atoms with Crippen molar-refractivity contribution >= 4 is 0 Å². The highest BCUT2D eigenvalue weighted by Crippen LogP contribution is 2.18. The van der Waals surface area contributed by atoms with Crippen LogP contribution in [0.3, 0.4) is 0 Å². The van der Waals surface area contributed by atoms with Crippen LogP contribution in [0.15, 0.2) is 39.9 Å². The van der Waals surface area contributed by atoms with E-state index in [-0.39, 0.29) is 5.56 Å². The SMILES string of the molecule is COc1ccc(-c2cc(=O)n(C)c(=O)[nH]2)cc1. The van der Waals surface area contributed by atoms with Crippen LogP contribution >= 0.6 is 0 Å². The van der Waals surface area contributed by atoms with Gasteiger partial charge in [-0.1, -0.05) is 0 Å². The summed E-state index contributed by atoms with van der Waals surface area (Å²) in [7, 11) is 3.01. The molecule has 0 unspecified atom stereocenters. The van der Waals surface area contributed by atoms with Crippen LogP contribution < -0.4 is 16.0 Å². The van der Waals surface area contributed by atoms with E-state index < -0.39 is 5.69 Å². The van der Waals surface area contributed by atoms with Gasteiger partial charge in [-0.2, -0.15) is 0 Å². The van der Waals surface area contributed by atoms with Crippen molar-refractivity contribution in [3.8, 4) is 17.0 Å². The summed E-state index contributed by atoms with van der Waals surface area (Å²) in [5.74, 6) is 0.722. The van der Waals surface area contributed by atoms with E-state index in [2.05, 4.69) is 4.98 Å². The Morgan fingerprint density at radius 1 is 1.18 bits per heavy atom. The first-order valence-electron chi connectivity index (χ1n) is 5.06. The Hall–Kier alpha value is -2.30. The van der Waals surface area contributed by atoms with E-state index in [0.29, 0.717) is 5.69 Å². The van der Waals surface area contributed by atoms with E-state index in [1.807, 2.05) is 0 Å². The number of hydrogen-bond donors (Lipinski definition) is 1. The maximum Gasteiger partial charge on any atom is 0.328 e. The van der Waals surface area contributed by atoms with Crippen molar-refractivity contribution < 1.29 is 4.74 Å². The molecule has 1 aromatic heterocycles. The second-order valence-corrected chi connectivity index (χ2v) is 3.61. The summed E-state index contributed by atoms with van der Waals surface area (Å²) >= 11 is 0. The van der Waals surface area contributed by atoms with Crippen LogP contribution in [0.5, 0.6) is 5.75 Å². The Balaban J connectivity index is 2.53. The smallest absolute Gasteiger partial charge is 0.328 e. The van der Waals surface area contributed by atoms with Crippen molar-refractivity contribution in [1.29, 1.82) is 0 Å². The summed E-state index contributed by atoms with van der Waals surface area (Å²) in [4.78, 5) is 25.6. The van der Waals surface area contributed by atoms with Gasteiger partial charge in [-0.25, -0.2) is 4.79 Å². The number of benzene rings is 1. The topological polar surface area (TPSA) is 64.1 Å². The molecule has 0 spiro atoms. The maximum absolute atomic E-state index is 11.5. The van der Waals surface area contributed by atoms with E-state index in [9.17, 15) is 9.59 Å². The molecule has 17 heavy (non-hydrogen) atoms. The summed E-state index contributed by atoms with van der Waals surface area (Å²) < 4.78 is 6.05. The molecule has 0 radical (unpaired) electrons. The third kappa shape index (κ3) is 2.13. The van der Waals surface area contributed by atoms with Crippen molar-refractivity contribution in [2.24, 2.45) is 7.05 Å². The zero-order chi connectivity index (χ0) is 12.4. The molecule has 2 aromatic rings. The average molecular weight is 232 g/mol. The highest BCUT2D eigenvalue weighted by Gasteiger charge is 2.03. The van der Waals surface area contributed by atoms with Gasteiger partial charge in [-0.05, 0) is 29.8 Å². The first-order valence-corrected chi connectivity index (χ1v) is 5.06. The molecular weight excluding hydrogens is 220 g/mol. The van der Waals surface area contributed by atoms with Crippen molar-refractivity contribution in [2.45, 2.75) is 0 Å². The van der Waals surface area contributed by atoms with Crippen LogP contribution in [0, 0.1) is 0 Å². The lowest BCUT2D eigenvalue weighted by Crippen LogP contribution is -2.32. The second-order valence-electron chi connectivity index (χ2n) is 3.61. The molecular formula is C12H12N2O3. The zero-order valence-corrected chi connectivity index (χ0v) is 9.56. The molecule has 1 N–H and O–H groups in total. The third-order valence-electron chi connectivity index (χ3n) is 2.55. The Bertz CT molecular complexity index is 607. The number of methoxy groups -OCH3 is 1. The molecule has 0 bridgehead atoms. The summed E-state index contributed by atoms with van der Waals surface area (Å²) in [6.45, 7) is 0. The molecule has 0 aliphatic rings. The highest BCUT2D eigenvalue weighted by molar-refractivity contribution is 5.59. The minimum absolute atomic E-state index is 0.334. The maximum atomic E-state index is 11.5. The fourth-order valence-electron chi connectivity index (χ4n) is 1.48. The van der Waals surface area contributed by atoms with Crippen molar-refractivity contribution in [1.82, 2.24) is 9.55 Å². The standard InChI is InChI=1S/C12H12N2O3/c1-14-11(15)7-10(13-12(14)16)8-3-5-9(17-2)6-4-8/h3-7H,1-2H3,(H,13,16). The minimum Gasteiger partial charge on any atom is -0.497 e. The molecule has 5 heteroatoms. The number of nitrogens with one attached hydrogen (secondary N) is 1. The monoisotopic (exact) mass is 232 g/mol. The van der Waals surface area contributed by atoms with E-state index in [1.54, 1.807) is 31.4 Å². The number of hydrogen-bond acceptors (Lipinski definition) is 3. The average Bonchev–Trinajstić information content (AvgIpc) is 2.35. The zero-order valence-electron chi connectivity index (χ0n) is 9.56. The van der Waals surface area contributed by atoms with Crippen molar-refractivity contribution in [2.75, 3.05) is 7.11 Å². The fourth-order valence-corrected chi connectivity index (χ4v) is 1.48. The van der Waals surface area contributed by atoms with Crippen molar-refractivity contribution in [3.63, 3.8) is 0 Å². The molecule has 0 aliphatic heterocycles. The predicted molar refractivity (Wildman–Crippen MR) is 64.3 cm³/mol. The van der Waals surface area contributed by atoms with Crippen LogP contribution in [-0.2, 0) is 7.05 Å². The lowest BCUT2D eigenvalue weighted by atomic mass is 10.1. The highest BCUT2D eigenvalue weighted by atomic mass is 16.5. The Morgan fingerprint density at radius 2 is 1.82 bits per heavy atom. The quantitative estimate of drug-likeness (QED) is 0.831. The first kappa shape index (κ1) is 11.2. The van der Waals surface area contributed by atoms with E-state index in [4.69, 9.17) is 4.74 Å². The molecule has 2 rings (SSSR count). The summed E-state index contributed by atoms with van der Waals surface area (Å²) in [6, 6.07) is 8.49. The second kappa shape index (κ2) is 4.29. The van der Waals surface area contributed by atoms with Crippen LogP contribution in [0.25, 0.3) is 11.3 Å². The van der Waals surface area contributed by atoms with E-state index in [0.717, 1.165) is 15.9 Å². The van der Waals surface area contributed by atoms with Gasteiger partial charge >= 0.3 is 5.69 Å². The third-order valence-corrected chi connectivity index (χ3v) is 2.55. The van der Waals surface area contributed by atoms with Gasteiger partial charge in [0.05, 0.1) is 12.8 Å². The number of H-pyrrole nitrogens is 1. The molecule has 0 amide bonds. The molecule has 88 valence electrons. The molecule has 0 saturated heterocycles. The largest absolute Gasteiger partial charge is 0.497 e. The van der Waals surface area contributed by atoms with E-state index >= 15 is 0 Å². The molecule has 0 saturated carbocycles. The predicted octanol–water partition coefficient (Wildman–Crippen LogP) is 0.749. The fraction of sp³-hybridized carbons (Fsp3) is 0.167. The number of nitrogens with zero attached hydrogens (tertiary/aromatic N) is 1. The Morgan fingerprint density at radius 3 is 2.35 bits per heavy atom. The molecule has 0 aliphatic carbocycles. The van der Waals surface area contributed by atoms with Gasteiger partial charge in [-0.3, -0.25) is 9.36 Å². The summed E-state index contributed by atoms with van der Waals surface area (Å²) in [5.41, 5.74) is 0.504. The lowest BCUT2D eigenvalue weighted by Gasteiger charge is -2.04. The number of rotatable bonds is 2. The number of ether oxygens (including phenoxy) is 1. The summed E-state index contributed by atoms with van der Waals surface area (Å²) in [5, 5.41) is 0. The Kier molecular flexibility index (Phi) is 2.82. The van der Waals surface area contributed by atoms with Gasteiger partial charge in [0.15, 0.2) is 0 Å². The number of aromatic nitrogens is 2. The van der Waals surface area contributed by atoms with Gasteiger partial charge in [0, 0.05) is 13.1 Å². The minimum atomic E-state index is -0.427. The normalized spacial score (nSPS) is 10.2. The summed E-state index contributed by atoms with van der Waals surface area (Å²) in [6.07, 6.45) is 0. The van der Waals surface area contributed by atoms with E-state index in [1.165, 1.54) is 13.1 Å². The molecule has 1 aromatic carbocycles. The molecule has 5 nitrogen and oxygen atoms in total. The van der Waals surface area contributed by atoms with Gasteiger partial charge in [-0.15, -0.1) is 0 Å². The number of aromatic amines is 1. The van der Waals surface area contributed by atoms with Crippen molar-refractivity contribution in [3.05, 3.63) is 51.2 Å². The van der Waals surface area contributed by atoms with Crippen LogP contribution in [0.1, 0.15) is 0 Å². The lowest BCUT2D eigenvalue weighted by molar-refractivity contribution is 0.415.